The molecule has 0 radical (unpaired) electrons. The predicted octanol–water partition coefficient (Wildman–Crippen LogP) is 4.82. The van der Waals surface area contributed by atoms with Crippen molar-refractivity contribution < 1.29 is 8.78 Å². The summed E-state index contributed by atoms with van der Waals surface area (Å²) in [5, 5.41) is 2.40. The molecule has 4 aromatic carbocycles. The zero-order valence-electron chi connectivity index (χ0n) is 24.6. The molecule has 1 aliphatic heterocycles. The molecular weight excluding hydrogens is 560 g/mol. The fourth-order valence-corrected chi connectivity index (χ4v) is 6.07. The number of anilines is 1. The van der Waals surface area contributed by atoms with E-state index in [9.17, 15) is 18.4 Å². The highest BCUT2D eigenvalue weighted by Gasteiger charge is 2.26. The molecule has 1 aromatic heterocycles. The molecule has 0 aliphatic carbocycles. The van der Waals surface area contributed by atoms with Gasteiger partial charge in [0.25, 0.3) is 5.56 Å². The van der Waals surface area contributed by atoms with Crippen LogP contribution in [0.25, 0.3) is 10.8 Å². The van der Waals surface area contributed by atoms with E-state index in [-0.39, 0.29) is 18.7 Å². The number of fused-ring (bicyclic) bond motifs is 1. The molecule has 2 N–H and O–H groups in total. The van der Waals surface area contributed by atoms with Crippen molar-refractivity contribution in [1.82, 2.24) is 14.0 Å². The zero-order valence-corrected chi connectivity index (χ0v) is 24.6. The van der Waals surface area contributed by atoms with Crippen molar-refractivity contribution in [3.05, 3.63) is 146 Å². The number of aromatic nitrogens is 2. The molecule has 0 unspecified atom stereocenters. The van der Waals surface area contributed by atoms with Gasteiger partial charge in [0.05, 0.1) is 13.1 Å². The first-order valence-electron chi connectivity index (χ1n) is 14.8. The largest absolute Gasteiger partial charge is 0.363 e. The molecule has 9 heteroatoms. The Bertz CT molecular complexity index is 1890. The monoisotopic (exact) mass is 595 g/mol. The summed E-state index contributed by atoms with van der Waals surface area (Å²) in [7, 11) is 0. The molecule has 0 bridgehead atoms. The highest BCUT2D eigenvalue weighted by Crippen LogP contribution is 2.22. The summed E-state index contributed by atoms with van der Waals surface area (Å²) in [4.78, 5) is 32.1. The van der Waals surface area contributed by atoms with Crippen LogP contribution in [0.2, 0.25) is 0 Å². The van der Waals surface area contributed by atoms with Crippen LogP contribution in [-0.4, -0.2) is 40.2 Å². The standard InChI is InChI=1S/C35H35F2N5O2/c1-24-33(40-18-16-39(17-19-40)21-25-14-15-26-8-5-6-11-28(26)20-25)34(43)42(23-32(38)27-9-3-2-4-10-27)35(44)41(24)22-29-30(36)12-7-13-31(29)37/h2-15,20,32H,16-19,21-23,38H2,1H3/t32-/m1/s1. The van der Waals surface area contributed by atoms with Gasteiger partial charge in [0, 0.05) is 50.0 Å². The Morgan fingerprint density at radius 1 is 0.750 bits per heavy atom. The van der Waals surface area contributed by atoms with Crippen LogP contribution in [-0.2, 0) is 19.6 Å². The van der Waals surface area contributed by atoms with E-state index in [0.717, 1.165) is 28.8 Å². The highest BCUT2D eigenvalue weighted by molar-refractivity contribution is 5.83. The highest BCUT2D eigenvalue weighted by atomic mass is 19.1. The summed E-state index contributed by atoms with van der Waals surface area (Å²) in [6.45, 7) is 4.54. The number of benzene rings is 4. The lowest BCUT2D eigenvalue weighted by atomic mass is 10.1. The Balaban J connectivity index is 1.31. The molecule has 1 aliphatic rings. The second kappa shape index (κ2) is 12.6. The molecule has 44 heavy (non-hydrogen) atoms. The molecule has 6 rings (SSSR count). The SMILES string of the molecule is Cc1c(N2CCN(Cc3ccc4ccccc4c3)CC2)c(=O)n(C[C@@H](N)c2ccccc2)c(=O)n1Cc1c(F)cccc1F. The second-order valence-electron chi connectivity index (χ2n) is 11.4. The zero-order chi connectivity index (χ0) is 30.8. The number of hydrogen-bond donors (Lipinski definition) is 1. The van der Waals surface area contributed by atoms with Gasteiger partial charge in [-0.3, -0.25) is 18.8 Å². The normalized spacial score (nSPS) is 14.7. The van der Waals surface area contributed by atoms with Crippen LogP contribution in [0.3, 0.4) is 0 Å². The third kappa shape index (κ3) is 5.93. The number of nitrogens with zero attached hydrogens (tertiary/aromatic N) is 4. The van der Waals surface area contributed by atoms with Gasteiger partial charge < -0.3 is 10.6 Å². The van der Waals surface area contributed by atoms with E-state index in [0.29, 0.717) is 37.6 Å². The van der Waals surface area contributed by atoms with E-state index >= 15 is 0 Å². The predicted molar refractivity (Wildman–Crippen MR) is 170 cm³/mol. The van der Waals surface area contributed by atoms with Crippen molar-refractivity contribution in [3.8, 4) is 0 Å². The second-order valence-corrected chi connectivity index (χ2v) is 11.4. The summed E-state index contributed by atoms with van der Waals surface area (Å²) in [6.07, 6.45) is 0. The fourth-order valence-electron chi connectivity index (χ4n) is 6.07. The first-order valence-corrected chi connectivity index (χ1v) is 14.8. The fraction of sp³-hybridized carbons (Fsp3) is 0.257. The van der Waals surface area contributed by atoms with E-state index in [1.807, 2.05) is 47.4 Å². The first kappa shape index (κ1) is 29.5. The van der Waals surface area contributed by atoms with Crippen LogP contribution in [0.5, 0.6) is 0 Å². The van der Waals surface area contributed by atoms with Crippen LogP contribution in [0.4, 0.5) is 14.5 Å². The van der Waals surface area contributed by atoms with E-state index in [1.54, 1.807) is 6.92 Å². The Morgan fingerprint density at radius 2 is 1.41 bits per heavy atom. The lowest BCUT2D eigenvalue weighted by Crippen LogP contribution is -2.51. The van der Waals surface area contributed by atoms with Gasteiger partial charge in [0.15, 0.2) is 0 Å². The maximum Gasteiger partial charge on any atom is 0.331 e. The van der Waals surface area contributed by atoms with Gasteiger partial charge in [-0.2, -0.15) is 0 Å². The minimum Gasteiger partial charge on any atom is -0.363 e. The lowest BCUT2D eigenvalue weighted by Gasteiger charge is -2.37. The number of halogens is 2. The van der Waals surface area contributed by atoms with Crippen molar-refractivity contribution in [2.24, 2.45) is 5.73 Å². The Hall–Kier alpha value is -4.60. The van der Waals surface area contributed by atoms with Gasteiger partial charge in [-0.25, -0.2) is 13.6 Å². The van der Waals surface area contributed by atoms with Crippen molar-refractivity contribution >= 4 is 16.5 Å². The van der Waals surface area contributed by atoms with Crippen molar-refractivity contribution in [2.75, 3.05) is 31.1 Å². The summed E-state index contributed by atoms with van der Waals surface area (Å²) < 4.78 is 31.8. The maximum absolute atomic E-state index is 14.7. The number of rotatable bonds is 8. The Morgan fingerprint density at radius 3 is 2.11 bits per heavy atom. The van der Waals surface area contributed by atoms with Gasteiger partial charge in [-0.05, 0) is 47.0 Å². The summed E-state index contributed by atoms with van der Waals surface area (Å²) >= 11 is 0. The Kier molecular flexibility index (Phi) is 8.41. The third-order valence-corrected chi connectivity index (χ3v) is 8.55. The lowest BCUT2D eigenvalue weighted by molar-refractivity contribution is 0.249. The molecular formula is C35H35F2N5O2. The van der Waals surface area contributed by atoms with Gasteiger partial charge in [0.2, 0.25) is 0 Å². The van der Waals surface area contributed by atoms with Gasteiger partial charge in [-0.1, -0.05) is 72.8 Å². The average Bonchev–Trinajstić information content (AvgIpc) is 3.03. The topological polar surface area (TPSA) is 76.5 Å². The van der Waals surface area contributed by atoms with Gasteiger partial charge in [0.1, 0.15) is 17.3 Å². The van der Waals surface area contributed by atoms with Gasteiger partial charge in [-0.15, -0.1) is 0 Å². The molecule has 1 atom stereocenters. The van der Waals surface area contributed by atoms with Crippen LogP contribution >= 0.6 is 0 Å². The molecule has 226 valence electrons. The van der Waals surface area contributed by atoms with Gasteiger partial charge >= 0.3 is 5.69 Å². The van der Waals surface area contributed by atoms with E-state index in [4.69, 9.17) is 5.73 Å². The van der Waals surface area contributed by atoms with E-state index < -0.39 is 28.9 Å². The molecule has 2 heterocycles. The Labute approximate surface area is 254 Å². The smallest absolute Gasteiger partial charge is 0.331 e. The quantitative estimate of drug-likeness (QED) is 0.279. The number of piperazine rings is 1. The summed E-state index contributed by atoms with van der Waals surface area (Å²) in [5.41, 5.74) is 7.83. The summed E-state index contributed by atoms with van der Waals surface area (Å²) in [5.74, 6) is -1.50. The minimum absolute atomic E-state index is 0.0728. The van der Waals surface area contributed by atoms with E-state index in [2.05, 4.69) is 35.2 Å². The molecule has 1 fully saturated rings. The molecule has 5 aromatic rings. The molecule has 0 saturated carbocycles. The average molecular weight is 596 g/mol. The third-order valence-electron chi connectivity index (χ3n) is 8.55. The van der Waals surface area contributed by atoms with Crippen molar-refractivity contribution in [2.45, 2.75) is 32.6 Å². The van der Waals surface area contributed by atoms with E-state index in [1.165, 1.54) is 27.0 Å². The minimum atomic E-state index is -0.751. The molecule has 0 spiro atoms. The van der Waals surface area contributed by atoms with Crippen LogP contribution in [0.15, 0.2) is 101 Å². The molecule has 7 nitrogen and oxygen atoms in total. The van der Waals surface area contributed by atoms with Crippen molar-refractivity contribution in [1.29, 1.82) is 0 Å². The van der Waals surface area contributed by atoms with Crippen LogP contribution < -0.4 is 21.9 Å². The first-order chi connectivity index (χ1) is 21.3. The number of hydrogen-bond acceptors (Lipinski definition) is 5. The molecule has 1 saturated heterocycles. The summed E-state index contributed by atoms with van der Waals surface area (Å²) in [6, 6.07) is 27.0. The molecule has 0 amide bonds. The van der Waals surface area contributed by atoms with Crippen LogP contribution in [0.1, 0.15) is 28.4 Å². The van der Waals surface area contributed by atoms with Crippen LogP contribution in [0, 0.1) is 18.6 Å². The number of nitrogens with two attached hydrogens (primary N) is 1. The van der Waals surface area contributed by atoms with Crippen molar-refractivity contribution in [3.63, 3.8) is 0 Å². The maximum atomic E-state index is 14.7.